The molecule has 1 atom stereocenters. The van der Waals surface area contributed by atoms with E-state index in [0.29, 0.717) is 23.6 Å². The standard InChI is InChI=1S/C24H21NO4S/c25-13-18-5-1-2-6-19(18)23-21(14-26)20-7-3-4-8-22(20)29-24(23)17-11-9-16(10-12-17)15-30(27)28/h1-12,14,21,30H,13,15,25H2. The molecule has 3 aromatic carbocycles. The number of hydrogen-bond donors (Lipinski definition) is 2. The van der Waals surface area contributed by atoms with Crippen molar-refractivity contribution in [2.45, 2.75) is 18.2 Å². The van der Waals surface area contributed by atoms with Crippen LogP contribution < -0.4 is 10.5 Å². The van der Waals surface area contributed by atoms with Crippen LogP contribution in [0.1, 0.15) is 33.7 Å². The van der Waals surface area contributed by atoms with Gasteiger partial charge in [0.05, 0.1) is 11.7 Å². The number of carbonyl (C=O) groups is 1. The summed E-state index contributed by atoms with van der Waals surface area (Å²) in [5, 5.41) is 0. The molecule has 0 fully saturated rings. The summed E-state index contributed by atoms with van der Waals surface area (Å²) in [6, 6.07) is 22.4. The van der Waals surface area contributed by atoms with Crippen molar-refractivity contribution >= 4 is 28.3 Å². The second kappa shape index (κ2) is 8.65. The van der Waals surface area contributed by atoms with E-state index in [9.17, 15) is 13.2 Å². The molecule has 0 amide bonds. The molecule has 30 heavy (non-hydrogen) atoms. The van der Waals surface area contributed by atoms with Gasteiger partial charge in [0.1, 0.15) is 28.5 Å². The lowest BCUT2D eigenvalue weighted by atomic mass is 9.81. The van der Waals surface area contributed by atoms with Gasteiger partial charge >= 0.3 is 0 Å². The topological polar surface area (TPSA) is 86.5 Å². The summed E-state index contributed by atoms with van der Waals surface area (Å²) in [6.07, 6.45) is 0.931. The Morgan fingerprint density at radius 1 is 0.933 bits per heavy atom. The van der Waals surface area contributed by atoms with Gasteiger partial charge in [0.2, 0.25) is 0 Å². The number of benzene rings is 3. The van der Waals surface area contributed by atoms with Crippen molar-refractivity contribution in [3.05, 3.63) is 101 Å². The Labute approximate surface area is 176 Å². The van der Waals surface area contributed by atoms with E-state index in [2.05, 4.69) is 0 Å². The summed E-state index contributed by atoms with van der Waals surface area (Å²) in [7, 11) is -2.50. The highest BCUT2D eigenvalue weighted by molar-refractivity contribution is 7.71. The fraction of sp³-hybridized carbons (Fsp3) is 0.125. The normalized spacial score (nSPS) is 15.6. The largest absolute Gasteiger partial charge is 0.456 e. The van der Waals surface area contributed by atoms with Crippen LogP contribution in [0, 0.1) is 0 Å². The number of aldehydes is 1. The smallest absolute Gasteiger partial charge is 0.144 e. The Hall–Kier alpha value is -3.22. The molecule has 1 heterocycles. The number of thiol groups is 1. The van der Waals surface area contributed by atoms with Crippen LogP contribution >= 0.6 is 0 Å². The molecule has 0 aliphatic carbocycles. The fourth-order valence-corrected chi connectivity index (χ4v) is 4.32. The van der Waals surface area contributed by atoms with Crippen LogP contribution in [0.5, 0.6) is 5.75 Å². The number of fused-ring (bicyclic) bond motifs is 1. The van der Waals surface area contributed by atoms with E-state index in [-0.39, 0.29) is 5.75 Å². The molecule has 1 aliphatic heterocycles. The number of nitrogens with two attached hydrogens (primary N) is 1. The molecular weight excluding hydrogens is 398 g/mol. The quantitative estimate of drug-likeness (QED) is 0.472. The van der Waals surface area contributed by atoms with E-state index >= 15 is 0 Å². The minimum Gasteiger partial charge on any atom is -0.456 e. The van der Waals surface area contributed by atoms with E-state index in [4.69, 9.17) is 10.5 Å². The first-order chi connectivity index (χ1) is 14.6. The maximum Gasteiger partial charge on any atom is 0.144 e. The minimum absolute atomic E-state index is 0.0157. The summed E-state index contributed by atoms with van der Waals surface area (Å²) in [4.78, 5) is 12.3. The zero-order valence-electron chi connectivity index (χ0n) is 16.2. The summed E-state index contributed by atoms with van der Waals surface area (Å²) in [5.74, 6) is 0.682. The highest BCUT2D eigenvalue weighted by atomic mass is 32.2. The Balaban J connectivity index is 1.94. The van der Waals surface area contributed by atoms with Crippen molar-refractivity contribution < 1.29 is 17.9 Å². The number of ether oxygens (including phenoxy) is 1. The van der Waals surface area contributed by atoms with Gasteiger partial charge in [0.15, 0.2) is 0 Å². The average Bonchev–Trinajstić information content (AvgIpc) is 2.78. The maximum absolute atomic E-state index is 12.3. The minimum atomic E-state index is -2.50. The van der Waals surface area contributed by atoms with Crippen molar-refractivity contribution in [3.63, 3.8) is 0 Å². The molecule has 6 heteroatoms. The van der Waals surface area contributed by atoms with Crippen molar-refractivity contribution in [2.24, 2.45) is 5.73 Å². The first-order valence-electron chi connectivity index (χ1n) is 9.58. The summed E-state index contributed by atoms with van der Waals surface area (Å²) < 4.78 is 28.4. The van der Waals surface area contributed by atoms with Crippen LogP contribution in [0.3, 0.4) is 0 Å². The first-order valence-corrected chi connectivity index (χ1v) is 10.9. The van der Waals surface area contributed by atoms with Crippen molar-refractivity contribution in [2.75, 3.05) is 0 Å². The molecular formula is C24H21NO4S. The second-order valence-corrected chi connectivity index (χ2v) is 8.03. The van der Waals surface area contributed by atoms with Crippen LogP contribution in [0.15, 0.2) is 72.8 Å². The molecule has 4 rings (SSSR count). The maximum atomic E-state index is 12.3. The zero-order valence-corrected chi connectivity index (χ0v) is 17.0. The Kier molecular flexibility index (Phi) is 5.79. The molecule has 152 valence electrons. The summed E-state index contributed by atoms with van der Waals surface area (Å²) in [6.45, 7) is 0.329. The monoisotopic (exact) mass is 419 g/mol. The predicted molar refractivity (Wildman–Crippen MR) is 117 cm³/mol. The van der Waals surface area contributed by atoms with Gasteiger partial charge in [-0.3, -0.25) is 0 Å². The van der Waals surface area contributed by atoms with E-state index in [1.165, 1.54) is 0 Å². The summed E-state index contributed by atoms with van der Waals surface area (Å²) >= 11 is 0. The molecule has 0 bridgehead atoms. The second-order valence-electron chi connectivity index (χ2n) is 7.05. The van der Waals surface area contributed by atoms with Crippen LogP contribution in [-0.2, 0) is 27.8 Å². The van der Waals surface area contributed by atoms with Gasteiger partial charge < -0.3 is 15.3 Å². The Morgan fingerprint density at radius 2 is 1.63 bits per heavy atom. The van der Waals surface area contributed by atoms with Crippen molar-refractivity contribution in [1.82, 2.24) is 0 Å². The van der Waals surface area contributed by atoms with Crippen LogP contribution in [0.25, 0.3) is 11.3 Å². The molecule has 0 radical (unpaired) electrons. The number of para-hydroxylation sites is 1. The molecule has 5 nitrogen and oxygen atoms in total. The predicted octanol–water partition coefficient (Wildman–Crippen LogP) is 3.50. The van der Waals surface area contributed by atoms with Gasteiger partial charge in [-0.2, -0.15) is 0 Å². The number of allylic oxidation sites excluding steroid dienone is 1. The highest BCUT2D eigenvalue weighted by Gasteiger charge is 2.32. The first kappa shape index (κ1) is 20.1. The average molecular weight is 420 g/mol. The molecule has 0 aromatic heterocycles. The molecule has 3 aromatic rings. The molecule has 0 saturated carbocycles. The third-order valence-corrected chi connectivity index (χ3v) is 5.84. The third kappa shape index (κ3) is 3.79. The highest BCUT2D eigenvalue weighted by Crippen LogP contribution is 2.46. The van der Waals surface area contributed by atoms with E-state index in [1.807, 2.05) is 60.7 Å². The molecule has 1 aliphatic rings. The zero-order chi connectivity index (χ0) is 21.1. The number of hydrogen-bond acceptors (Lipinski definition) is 5. The van der Waals surface area contributed by atoms with Gasteiger partial charge in [0.25, 0.3) is 0 Å². The number of rotatable bonds is 6. The van der Waals surface area contributed by atoms with Crippen LogP contribution in [0.4, 0.5) is 0 Å². The molecule has 1 unspecified atom stereocenters. The van der Waals surface area contributed by atoms with Crippen LogP contribution in [0.2, 0.25) is 0 Å². The van der Waals surface area contributed by atoms with Gasteiger partial charge in [-0.1, -0.05) is 66.7 Å². The van der Waals surface area contributed by atoms with Gasteiger partial charge in [-0.05, 0) is 22.8 Å². The Morgan fingerprint density at radius 3 is 2.33 bits per heavy atom. The van der Waals surface area contributed by atoms with E-state index < -0.39 is 16.6 Å². The molecule has 0 spiro atoms. The third-order valence-electron chi connectivity index (χ3n) is 5.21. The van der Waals surface area contributed by atoms with Crippen molar-refractivity contribution in [1.29, 1.82) is 0 Å². The van der Waals surface area contributed by atoms with E-state index in [1.54, 1.807) is 12.1 Å². The fourth-order valence-electron chi connectivity index (χ4n) is 3.81. The van der Waals surface area contributed by atoms with Crippen LogP contribution in [-0.4, -0.2) is 14.7 Å². The summed E-state index contributed by atoms with van der Waals surface area (Å²) in [5.41, 5.74) is 10.8. The van der Waals surface area contributed by atoms with E-state index in [0.717, 1.165) is 34.1 Å². The van der Waals surface area contributed by atoms with Crippen molar-refractivity contribution in [3.8, 4) is 5.75 Å². The van der Waals surface area contributed by atoms with Gasteiger partial charge in [0, 0.05) is 23.2 Å². The van der Waals surface area contributed by atoms with Gasteiger partial charge in [-0.25, -0.2) is 8.42 Å². The Bertz CT molecular complexity index is 1190. The lowest BCUT2D eigenvalue weighted by Gasteiger charge is -2.29. The van der Waals surface area contributed by atoms with Gasteiger partial charge in [-0.15, -0.1) is 0 Å². The molecule has 2 N–H and O–H groups in total. The number of carbonyl (C=O) groups excluding carboxylic acids is 1. The lowest BCUT2D eigenvalue weighted by Crippen LogP contribution is -2.17. The SMILES string of the molecule is NCc1ccccc1C1=C(c2ccc(C[SH](=O)=O)cc2)Oc2ccccc2C1C=O. The lowest BCUT2D eigenvalue weighted by molar-refractivity contribution is -0.108. The molecule has 0 saturated heterocycles.